The number of hydrogen-bond donors (Lipinski definition) is 1. The van der Waals surface area contributed by atoms with Crippen molar-refractivity contribution in [2.24, 2.45) is 0 Å². The largest absolute Gasteiger partial charge is 0.469 e. The highest BCUT2D eigenvalue weighted by molar-refractivity contribution is 5.90. The summed E-state index contributed by atoms with van der Waals surface area (Å²) in [5, 5.41) is 2.58. The Morgan fingerprint density at radius 2 is 1.50 bits per heavy atom. The third-order valence-electron chi connectivity index (χ3n) is 3.51. The van der Waals surface area contributed by atoms with E-state index in [-0.39, 0.29) is 11.9 Å². The van der Waals surface area contributed by atoms with Crippen molar-refractivity contribution in [3.05, 3.63) is 29.8 Å². The van der Waals surface area contributed by atoms with E-state index in [1.807, 2.05) is 0 Å². The molecule has 0 radical (unpaired) electrons. The van der Waals surface area contributed by atoms with Crippen molar-refractivity contribution in [3.8, 4) is 0 Å². The molecule has 7 heteroatoms. The van der Waals surface area contributed by atoms with Crippen molar-refractivity contribution in [3.63, 3.8) is 0 Å². The van der Waals surface area contributed by atoms with Gasteiger partial charge in [0.2, 0.25) is 5.91 Å². The van der Waals surface area contributed by atoms with Gasteiger partial charge in [0.15, 0.2) is 0 Å². The number of unbranched alkanes of at least 4 members (excludes halogenated alkanes) is 4. The quantitative estimate of drug-likeness (QED) is 0.528. The van der Waals surface area contributed by atoms with Crippen LogP contribution in [0.1, 0.15) is 50.5 Å². The summed E-state index contributed by atoms with van der Waals surface area (Å²) < 4.78 is 41.8. The fourth-order valence-corrected chi connectivity index (χ4v) is 2.15. The Kier molecular flexibility index (Phi) is 8.29. The Morgan fingerprint density at radius 1 is 0.958 bits per heavy atom. The van der Waals surface area contributed by atoms with Crippen molar-refractivity contribution in [1.29, 1.82) is 0 Å². The lowest BCUT2D eigenvalue weighted by Crippen LogP contribution is -2.11. The van der Waals surface area contributed by atoms with E-state index >= 15 is 0 Å². The highest BCUT2D eigenvalue weighted by atomic mass is 19.4. The second-order valence-corrected chi connectivity index (χ2v) is 5.47. The number of rotatable bonds is 9. The number of methoxy groups -OCH3 is 1. The molecule has 0 aliphatic heterocycles. The first-order valence-electron chi connectivity index (χ1n) is 7.87. The molecule has 1 rings (SSSR count). The predicted octanol–water partition coefficient (Wildman–Crippen LogP) is 4.55. The van der Waals surface area contributed by atoms with Crippen LogP contribution >= 0.6 is 0 Å². The van der Waals surface area contributed by atoms with Crippen LogP contribution in [0.5, 0.6) is 0 Å². The molecule has 24 heavy (non-hydrogen) atoms. The normalized spacial score (nSPS) is 11.2. The van der Waals surface area contributed by atoms with Crippen LogP contribution in [-0.4, -0.2) is 19.0 Å². The number of benzene rings is 1. The molecule has 0 bridgehead atoms. The van der Waals surface area contributed by atoms with E-state index in [4.69, 9.17) is 0 Å². The van der Waals surface area contributed by atoms with Crippen LogP contribution in [0, 0.1) is 0 Å². The zero-order valence-corrected chi connectivity index (χ0v) is 13.6. The molecule has 0 saturated carbocycles. The van der Waals surface area contributed by atoms with Gasteiger partial charge in [-0.05, 0) is 37.1 Å². The number of carbonyl (C=O) groups is 2. The molecule has 0 atom stereocenters. The SMILES string of the molecule is COC(=O)CCCCCCCC(=O)Nc1ccc(C(F)(F)F)cc1. The molecule has 1 aromatic rings. The number of ether oxygens (including phenoxy) is 1. The summed E-state index contributed by atoms with van der Waals surface area (Å²) in [5.41, 5.74) is -0.390. The molecule has 0 spiro atoms. The van der Waals surface area contributed by atoms with Crippen molar-refractivity contribution in [2.45, 2.75) is 51.1 Å². The summed E-state index contributed by atoms with van der Waals surface area (Å²) in [6.45, 7) is 0. The van der Waals surface area contributed by atoms with Crippen molar-refractivity contribution in [1.82, 2.24) is 0 Å². The molecule has 0 unspecified atom stereocenters. The molecule has 0 aliphatic rings. The number of alkyl halides is 3. The van der Waals surface area contributed by atoms with Crippen LogP contribution < -0.4 is 5.32 Å². The topological polar surface area (TPSA) is 55.4 Å². The fourth-order valence-electron chi connectivity index (χ4n) is 2.15. The lowest BCUT2D eigenvalue weighted by atomic mass is 10.1. The van der Waals surface area contributed by atoms with E-state index in [0.717, 1.165) is 37.8 Å². The number of halogens is 3. The molecule has 1 amide bonds. The molecule has 4 nitrogen and oxygen atoms in total. The molecule has 0 heterocycles. The van der Waals surface area contributed by atoms with E-state index in [1.54, 1.807) is 0 Å². The van der Waals surface area contributed by atoms with Gasteiger partial charge in [-0.1, -0.05) is 19.3 Å². The lowest BCUT2D eigenvalue weighted by Gasteiger charge is -2.08. The Labute approximate surface area is 139 Å². The van der Waals surface area contributed by atoms with Crippen molar-refractivity contribution in [2.75, 3.05) is 12.4 Å². The Balaban J connectivity index is 2.17. The number of hydrogen-bond acceptors (Lipinski definition) is 3. The predicted molar refractivity (Wildman–Crippen MR) is 84.4 cm³/mol. The summed E-state index contributed by atoms with van der Waals surface area (Å²) in [6, 6.07) is 4.37. The minimum absolute atomic E-state index is 0.217. The maximum absolute atomic E-state index is 12.4. The molecule has 1 N–H and O–H groups in total. The Hall–Kier alpha value is -2.05. The van der Waals surface area contributed by atoms with Gasteiger partial charge in [0, 0.05) is 18.5 Å². The van der Waals surface area contributed by atoms with Gasteiger partial charge in [0.25, 0.3) is 0 Å². The minimum Gasteiger partial charge on any atom is -0.469 e. The molecular weight excluding hydrogens is 323 g/mol. The highest BCUT2D eigenvalue weighted by Crippen LogP contribution is 2.29. The number of amides is 1. The smallest absolute Gasteiger partial charge is 0.416 e. The van der Waals surface area contributed by atoms with E-state index in [2.05, 4.69) is 10.1 Å². The summed E-state index contributed by atoms with van der Waals surface area (Å²) in [6.07, 6.45) is 0.496. The fraction of sp³-hybridized carbons (Fsp3) is 0.529. The van der Waals surface area contributed by atoms with Crippen LogP contribution in [-0.2, 0) is 20.5 Å². The average Bonchev–Trinajstić information content (AvgIpc) is 2.53. The van der Waals surface area contributed by atoms with Crippen molar-refractivity contribution >= 4 is 17.6 Å². The van der Waals surface area contributed by atoms with E-state index in [0.29, 0.717) is 24.9 Å². The van der Waals surface area contributed by atoms with Crippen LogP contribution in [0.15, 0.2) is 24.3 Å². The summed E-state index contributed by atoms with van der Waals surface area (Å²) in [4.78, 5) is 22.6. The maximum Gasteiger partial charge on any atom is 0.416 e. The third-order valence-corrected chi connectivity index (χ3v) is 3.51. The van der Waals surface area contributed by atoms with Gasteiger partial charge in [-0.3, -0.25) is 9.59 Å². The summed E-state index contributed by atoms with van der Waals surface area (Å²) in [5.74, 6) is -0.435. The van der Waals surface area contributed by atoms with Gasteiger partial charge in [-0.15, -0.1) is 0 Å². The zero-order valence-electron chi connectivity index (χ0n) is 13.6. The van der Waals surface area contributed by atoms with Crippen LogP contribution in [0.3, 0.4) is 0 Å². The monoisotopic (exact) mass is 345 g/mol. The van der Waals surface area contributed by atoms with E-state index in [1.165, 1.54) is 19.2 Å². The minimum atomic E-state index is -4.38. The van der Waals surface area contributed by atoms with Crippen LogP contribution in [0.25, 0.3) is 0 Å². The van der Waals surface area contributed by atoms with Gasteiger partial charge in [-0.2, -0.15) is 13.2 Å². The van der Waals surface area contributed by atoms with Crippen LogP contribution in [0.4, 0.5) is 18.9 Å². The van der Waals surface area contributed by atoms with E-state index < -0.39 is 11.7 Å². The summed E-state index contributed by atoms with van der Waals surface area (Å²) >= 11 is 0. The van der Waals surface area contributed by atoms with Crippen LogP contribution in [0.2, 0.25) is 0 Å². The first-order chi connectivity index (χ1) is 11.3. The number of nitrogens with one attached hydrogen (secondary N) is 1. The van der Waals surface area contributed by atoms with E-state index in [9.17, 15) is 22.8 Å². The molecule has 0 saturated heterocycles. The Morgan fingerprint density at radius 3 is 2.04 bits per heavy atom. The molecule has 134 valence electrons. The molecule has 0 aromatic heterocycles. The first kappa shape index (κ1) is 20.0. The second-order valence-electron chi connectivity index (χ2n) is 5.47. The molecular formula is C17H22F3NO3. The standard InChI is InChI=1S/C17H22F3NO3/c1-24-16(23)8-6-4-2-3-5-7-15(22)21-14-11-9-13(10-12-14)17(18,19)20/h9-12H,2-8H2,1H3,(H,21,22). The number of carbonyl (C=O) groups excluding carboxylic acids is 2. The van der Waals surface area contributed by atoms with Gasteiger partial charge in [0.1, 0.15) is 0 Å². The van der Waals surface area contributed by atoms with Gasteiger partial charge >= 0.3 is 12.1 Å². The van der Waals surface area contributed by atoms with Gasteiger partial charge in [0.05, 0.1) is 12.7 Å². The lowest BCUT2D eigenvalue weighted by molar-refractivity contribution is -0.140. The first-order valence-corrected chi connectivity index (χ1v) is 7.87. The Bertz CT molecular complexity index is 527. The average molecular weight is 345 g/mol. The molecule has 1 aromatic carbocycles. The summed E-state index contributed by atoms with van der Waals surface area (Å²) in [7, 11) is 1.36. The van der Waals surface area contributed by atoms with Crippen molar-refractivity contribution < 1.29 is 27.5 Å². The molecule has 0 fully saturated rings. The third kappa shape index (κ3) is 7.99. The van der Waals surface area contributed by atoms with Gasteiger partial charge < -0.3 is 10.1 Å². The maximum atomic E-state index is 12.4. The second kappa shape index (κ2) is 9.95. The van der Waals surface area contributed by atoms with Gasteiger partial charge in [-0.25, -0.2) is 0 Å². The molecule has 0 aliphatic carbocycles. The number of anilines is 1. The number of esters is 1. The zero-order chi connectivity index (χ0) is 18.0. The highest BCUT2D eigenvalue weighted by Gasteiger charge is 2.29.